The Hall–Kier alpha value is -1.35. The lowest BCUT2D eigenvalue weighted by molar-refractivity contribution is -0.138. The number of aliphatic carboxylic acids is 1. The van der Waals surface area contributed by atoms with Gasteiger partial charge in [-0.1, -0.05) is 24.3 Å². The predicted octanol–water partition coefficient (Wildman–Crippen LogP) is 2.55. The van der Waals surface area contributed by atoms with Crippen LogP contribution in [-0.2, 0) is 14.9 Å². The largest absolute Gasteiger partial charge is 0.481 e. The lowest BCUT2D eigenvalue weighted by Gasteiger charge is -2.20. The molecule has 1 aromatic carbocycles. The third-order valence-electron chi connectivity index (χ3n) is 3.64. The molecular weight excluding hydrogens is 216 g/mol. The van der Waals surface area contributed by atoms with E-state index in [4.69, 9.17) is 9.84 Å². The van der Waals surface area contributed by atoms with Crippen molar-refractivity contribution in [3.63, 3.8) is 0 Å². The number of benzene rings is 1. The van der Waals surface area contributed by atoms with Gasteiger partial charge in [0.2, 0.25) is 0 Å². The zero-order valence-corrected chi connectivity index (χ0v) is 10.3. The molecule has 0 aromatic heterocycles. The van der Waals surface area contributed by atoms with Gasteiger partial charge >= 0.3 is 5.97 Å². The van der Waals surface area contributed by atoms with E-state index in [0.717, 1.165) is 24.0 Å². The molecule has 2 rings (SSSR count). The number of rotatable bonds is 5. The van der Waals surface area contributed by atoms with E-state index in [2.05, 4.69) is 0 Å². The number of methoxy groups -OCH3 is 1. The van der Waals surface area contributed by atoms with Crippen molar-refractivity contribution in [3.05, 3.63) is 35.4 Å². The van der Waals surface area contributed by atoms with Crippen LogP contribution in [-0.4, -0.2) is 24.8 Å². The summed E-state index contributed by atoms with van der Waals surface area (Å²) in [5, 5.41) is 9.14. The molecule has 0 amide bonds. The minimum Gasteiger partial charge on any atom is -0.481 e. The average Bonchev–Trinajstić information content (AvgIpc) is 3.09. The Morgan fingerprint density at radius 2 is 2.12 bits per heavy atom. The molecule has 3 nitrogen and oxygen atoms in total. The van der Waals surface area contributed by atoms with Gasteiger partial charge in [0.05, 0.1) is 12.5 Å². The highest BCUT2D eigenvalue weighted by Gasteiger charge is 2.46. The maximum absolute atomic E-state index is 11.1. The molecule has 1 aromatic rings. The topological polar surface area (TPSA) is 46.5 Å². The van der Waals surface area contributed by atoms with Crippen LogP contribution in [0.5, 0.6) is 0 Å². The number of carboxylic acids is 1. The van der Waals surface area contributed by atoms with E-state index in [1.54, 1.807) is 14.0 Å². The van der Waals surface area contributed by atoms with Gasteiger partial charge in [-0.2, -0.15) is 0 Å². The standard InChI is InChI=1S/C14H18O3/c1-10(13(15)16)11-5-3-4-6-12(11)14(7-8-14)9-17-2/h3-6,10H,7-9H2,1-2H3,(H,15,16). The first-order valence-electron chi connectivity index (χ1n) is 5.92. The van der Waals surface area contributed by atoms with Crippen molar-refractivity contribution in [2.24, 2.45) is 0 Å². The van der Waals surface area contributed by atoms with Crippen LogP contribution >= 0.6 is 0 Å². The summed E-state index contributed by atoms with van der Waals surface area (Å²) in [7, 11) is 1.70. The van der Waals surface area contributed by atoms with E-state index in [1.165, 1.54) is 0 Å². The maximum atomic E-state index is 11.1. The number of hydrogen-bond acceptors (Lipinski definition) is 2. The fourth-order valence-corrected chi connectivity index (χ4v) is 2.41. The minimum absolute atomic E-state index is 0.0645. The molecule has 1 fully saturated rings. The Morgan fingerprint density at radius 3 is 2.65 bits per heavy atom. The third-order valence-corrected chi connectivity index (χ3v) is 3.64. The van der Waals surface area contributed by atoms with Crippen LogP contribution in [0.2, 0.25) is 0 Å². The lowest BCUT2D eigenvalue weighted by atomic mass is 9.86. The molecule has 3 heteroatoms. The van der Waals surface area contributed by atoms with Crippen LogP contribution in [0.4, 0.5) is 0 Å². The van der Waals surface area contributed by atoms with Gasteiger partial charge in [-0.25, -0.2) is 0 Å². The van der Waals surface area contributed by atoms with Gasteiger partial charge in [0.1, 0.15) is 0 Å². The molecule has 1 aliphatic carbocycles. The van der Waals surface area contributed by atoms with Crippen LogP contribution in [0.25, 0.3) is 0 Å². The normalized spacial score (nSPS) is 18.7. The zero-order chi connectivity index (χ0) is 12.5. The predicted molar refractivity (Wildman–Crippen MR) is 65.3 cm³/mol. The number of ether oxygens (including phenoxy) is 1. The van der Waals surface area contributed by atoms with Crippen molar-refractivity contribution in [3.8, 4) is 0 Å². The molecule has 0 radical (unpaired) electrons. The first-order chi connectivity index (χ1) is 8.10. The SMILES string of the molecule is COCC1(c2ccccc2C(C)C(=O)O)CC1. The first-order valence-corrected chi connectivity index (χ1v) is 5.92. The van der Waals surface area contributed by atoms with E-state index >= 15 is 0 Å². The number of hydrogen-bond donors (Lipinski definition) is 1. The fourth-order valence-electron chi connectivity index (χ4n) is 2.41. The molecule has 0 heterocycles. The highest BCUT2D eigenvalue weighted by molar-refractivity contribution is 5.76. The molecule has 0 spiro atoms. The highest BCUT2D eigenvalue weighted by Crippen LogP contribution is 2.50. The van der Waals surface area contributed by atoms with Gasteiger partial charge in [-0.3, -0.25) is 4.79 Å². The Morgan fingerprint density at radius 1 is 1.47 bits per heavy atom. The molecule has 92 valence electrons. The molecule has 0 aliphatic heterocycles. The van der Waals surface area contributed by atoms with E-state index in [-0.39, 0.29) is 5.41 Å². The van der Waals surface area contributed by atoms with Crippen LogP contribution in [0.3, 0.4) is 0 Å². The Kier molecular flexibility index (Phi) is 3.20. The van der Waals surface area contributed by atoms with Crippen molar-refractivity contribution in [1.29, 1.82) is 0 Å². The second-order valence-electron chi connectivity index (χ2n) is 4.86. The van der Waals surface area contributed by atoms with Gasteiger partial charge in [0.15, 0.2) is 0 Å². The maximum Gasteiger partial charge on any atom is 0.310 e. The van der Waals surface area contributed by atoms with Gasteiger partial charge in [-0.05, 0) is 30.9 Å². The van der Waals surface area contributed by atoms with Gasteiger partial charge < -0.3 is 9.84 Å². The van der Waals surface area contributed by atoms with Gasteiger partial charge in [-0.15, -0.1) is 0 Å². The van der Waals surface area contributed by atoms with Crippen molar-refractivity contribution in [2.45, 2.75) is 31.1 Å². The zero-order valence-electron chi connectivity index (χ0n) is 10.3. The van der Waals surface area contributed by atoms with Gasteiger partial charge in [0, 0.05) is 12.5 Å². The van der Waals surface area contributed by atoms with Crippen LogP contribution in [0, 0.1) is 0 Å². The van der Waals surface area contributed by atoms with Crippen molar-refractivity contribution in [1.82, 2.24) is 0 Å². The van der Waals surface area contributed by atoms with Crippen molar-refractivity contribution in [2.75, 3.05) is 13.7 Å². The van der Waals surface area contributed by atoms with E-state index in [1.807, 2.05) is 24.3 Å². The monoisotopic (exact) mass is 234 g/mol. The summed E-state index contributed by atoms with van der Waals surface area (Å²) in [6, 6.07) is 7.84. The van der Waals surface area contributed by atoms with Crippen molar-refractivity contribution < 1.29 is 14.6 Å². The van der Waals surface area contributed by atoms with Crippen molar-refractivity contribution >= 4 is 5.97 Å². The molecule has 1 atom stereocenters. The molecule has 1 aliphatic rings. The summed E-state index contributed by atoms with van der Waals surface area (Å²) < 4.78 is 5.27. The van der Waals surface area contributed by atoms with Crippen LogP contribution in [0.15, 0.2) is 24.3 Å². The second kappa shape index (κ2) is 4.49. The Balaban J connectivity index is 2.38. The van der Waals surface area contributed by atoms with Gasteiger partial charge in [0.25, 0.3) is 0 Å². The molecular formula is C14H18O3. The van der Waals surface area contributed by atoms with E-state index in [9.17, 15) is 4.79 Å². The molecule has 1 N–H and O–H groups in total. The first kappa shape index (κ1) is 12.1. The van der Waals surface area contributed by atoms with E-state index in [0.29, 0.717) is 6.61 Å². The highest BCUT2D eigenvalue weighted by atomic mass is 16.5. The number of carbonyl (C=O) groups is 1. The summed E-state index contributed by atoms with van der Waals surface area (Å²) in [4.78, 5) is 11.1. The number of carboxylic acid groups (broad SMARTS) is 1. The summed E-state index contributed by atoms with van der Waals surface area (Å²) in [6.07, 6.45) is 2.17. The van der Waals surface area contributed by atoms with E-state index < -0.39 is 11.9 Å². The summed E-state index contributed by atoms with van der Waals surface area (Å²) in [6.45, 7) is 2.42. The third kappa shape index (κ3) is 2.20. The molecule has 17 heavy (non-hydrogen) atoms. The van der Waals surface area contributed by atoms with Crippen LogP contribution < -0.4 is 0 Å². The fraction of sp³-hybridized carbons (Fsp3) is 0.500. The molecule has 1 saturated carbocycles. The summed E-state index contributed by atoms with van der Waals surface area (Å²) >= 11 is 0. The summed E-state index contributed by atoms with van der Waals surface area (Å²) in [5.74, 6) is -1.23. The Bertz CT molecular complexity index is 421. The summed E-state index contributed by atoms with van der Waals surface area (Å²) in [5.41, 5.74) is 2.14. The Labute approximate surface area is 101 Å². The quantitative estimate of drug-likeness (QED) is 0.851. The molecule has 0 saturated heterocycles. The minimum atomic E-state index is -0.773. The average molecular weight is 234 g/mol. The van der Waals surface area contributed by atoms with Crippen LogP contribution in [0.1, 0.15) is 36.8 Å². The second-order valence-corrected chi connectivity index (χ2v) is 4.86. The molecule has 1 unspecified atom stereocenters. The molecule has 0 bridgehead atoms. The smallest absolute Gasteiger partial charge is 0.310 e. The lowest BCUT2D eigenvalue weighted by Crippen LogP contribution is -2.19.